The SMILES string of the molecule is Cc1ccc(Cl)cc1-n1c(SCc2ccccc2)nnc1C(C)NC(=O)c1cccc(Cl)c1. The molecule has 4 aromatic rings. The highest BCUT2D eigenvalue weighted by Crippen LogP contribution is 2.30. The number of thioether (sulfide) groups is 1. The van der Waals surface area contributed by atoms with Gasteiger partial charge in [-0.25, -0.2) is 0 Å². The van der Waals surface area contributed by atoms with Gasteiger partial charge in [0, 0.05) is 21.4 Å². The number of carbonyl (C=O) groups is 1. The van der Waals surface area contributed by atoms with Crippen molar-refractivity contribution in [2.45, 2.75) is 30.8 Å². The molecule has 4 rings (SSSR count). The van der Waals surface area contributed by atoms with Gasteiger partial charge in [-0.3, -0.25) is 9.36 Å². The molecule has 0 saturated heterocycles. The van der Waals surface area contributed by atoms with Crippen molar-refractivity contribution in [3.8, 4) is 5.69 Å². The van der Waals surface area contributed by atoms with Gasteiger partial charge in [-0.2, -0.15) is 0 Å². The zero-order valence-electron chi connectivity index (χ0n) is 18.1. The number of aryl methyl sites for hydroxylation is 1. The lowest BCUT2D eigenvalue weighted by molar-refractivity contribution is 0.0938. The molecular weight excluding hydrogens is 475 g/mol. The maximum absolute atomic E-state index is 12.8. The van der Waals surface area contributed by atoms with Gasteiger partial charge in [0.25, 0.3) is 5.91 Å². The summed E-state index contributed by atoms with van der Waals surface area (Å²) in [4.78, 5) is 12.8. The zero-order valence-corrected chi connectivity index (χ0v) is 20.5. The molecule has 8 heteroatoms. The summed E-state index contributed by atoms with van der Waals surface area (Å²) < 4.78 is 1.97. The Morgan fingerprint density at radius 2 is 1.76 bits per heavy atom. The van der Waals surface area contributed by atoms with Crippen LogP contribution in [0.1, 0.15) is 40.3 Å². The molecule has 0 bridgehead atoms. The number of rotatable bonds is 7. The van der Waals surface area contributed by atoms with E-state index in [1.54, 1.807) is 36.0 Å². The molecule has 0 saturated carbocycles. The van der Waals surface area contributed by atoms with Crippen molar-refractivity contribution in [1.82, 2.24) is 20.1 Å². The average Bonchev–Trinajstić information content (AvgIpc) is 3.24. The lowest BCUT2D eigenvalue weighted by Crippen LogP contribution is -2.28. The summed E-state index contributed by atoms with van der Waals surface area (Å²) in [5, 5.41) is 13.8. The van der Waals surface area contributed by atoms with E-state index < -0.39 is 6.04 Å². The Morgan fingerprint density at radius 1 is 1.00 bits per heavy atom. The summed E-state index contributed by atoms with van der Waals surface area (Å²) in [6, 6.07) is 22.3. The van der Waals surface area contributed by atoms with Crippen LogP contribution in [0.25, 0.3) is 5.69 Å². The van der Waals surface area contributed by atoms with E-state index in [0.717, 1.165) is 22.2 Å². The maximum Gasteiger partial charge on any atom is 0.251 e. The Balaban J connectivity index is 1.67. The molecule has 0 fully saturated rings. The number of nitrogens with zero attached hydrogens (tertiary/aromatic N) is 3. The van der Waals surface area contributed by atoms with Crippen LogP contribution in [-0.4, -0.2) is 20.7 Å². The summed E-state index contributed by atoms with van der Waals surface area (Å²) in [6.07, 6.45) is 0. The summed E-state index contributed by atoms with van der Waals surface area (Å²) in [6.45, 7) is 3.89. The second-order valence-corrected chi connectivity index (χ2v) is 9.40. The highest BCUT2D eigenvalue weighted by molar-refractivity contribution is 7.98. The third-order valence-corrected chi connectivity index (χ3v) is 6.57. The van der Waals surface area contributed by atoms with Crippen molar-refractivity contribution in [3.63, 3.8) is 0 Å². The van der Waals surface area contributed by atoms with Gasteiger partial charge in [-0.15, -0.1) is 10.2 Å². The van der Waals surface area contributed by atoms with Crippen molar-refractivity contribution in [2.75, 3.05) is 0 Å². The molecule has 0 aliphatic heterocycles. The van der Waals surface area contributed by atoms with Gasteiger partial charge in [0.15, 0.2) is 11.0 Å². The Hall–Kier alpha value is -2.80. The Morgan fingerprint density at radius 3 is 2.52 bits per heavy atom. The normalized spacial score (nSPS) is 11.9. The number of halogens is 2. The summed E-state index contributed by atoms with van der Waals surface area (Å²) in [5.74, 6) is 1.12. The standard InChI is InChI=1S/C25H22Cl2N4OS/c1-16-11-12-21(27)14-22(16)31-23(17(2)28-24(32)19-9-6-10-20(26)13-19)29-30-25(31)33-15-18-7-4-3-5-8-18/h3-14,17H,15H2,1-2H3,(H,28,32). The number of hydrogen-bond acceptors (Lipinski definition) is 4. The van der Waals surface area contributed by atoms with Crippen LogP contribution < -0.4 is 5.32 Å². The second kappa shape index (κ2) is 10.4. The fourth-order valence-corrected chi connectivity index (χ4v) is 4.67. The van der Waals surface area contributed by atoms with Crippen molar-refractivity contribution in [2.24, 2.45) is 0 Å². The molecule has 3 aromatic carbocycles. The van der Waals surface area contributed by atoms with Gasteiger partial charge >= 0.3 is 0 Å². The van der Waals surface area contributed by atoms with Crippen molar-refractivity contribution in [3.05, 3.63) is 105 Å². The first kappa shape index (κ1) is 23.4. The highest BCUT2D eigenvalue weighted by Gasteiger charge is 2.23. The molecule has 5 nitrogen and oxygen atoms in total. The van der Waals surface area contributed by atoms with E-state index in [-0.39, 0.29) is 5.91 Å². The van der Waals surface area contributed by atoms with Crippen LogP contribution in [0.5, 0.6) is 0 Å². The molecule has 1 N–H and O–H groups in total. The first-order chi connectivity index (χ1) is 15.9. The van der Waals surface area contributed by atoms with Crippen LogP contribution in [0.3, 0.4) is 0 Å². The van der Waals surface area contributed by atoms with Gasteiger partial charge < -0.3 is 5.32 Å². The van der Waals surface area contributed by atoms with Crippen LogP contribution in [0.4, 0.5) is 0 Å². The van der Waals surface area contributed by atoms with Crippen LogP contribution in [0.15, 0.2) is 78.0 Å². The summed E-state index contributed by atoms with van der Waals surface area (Å²) in [5.41, 5.74) is 3.57. The molecule has 0 spiro atoms. The number of amides is 1. The van der Waals surface area contributed by atoms with Crippen LogP contribution in [-0.2, 0) is 5.75 Å². The topological polar surface area (TPSA) is 59.8 Å². The van der Waals surface area contributed by atoms with E-state index in [1.807, 2.05) is 54.8 Å². The lowest BCUT2D eigenvalue weighted by Gasteiger charge is -2.18. The number of benzene rings is 3. The fourth-order valence-electron chi connectivity index (χ4n) is 3.40. The van der Waals surface area contributed by atoms with Gasteiger partial charge in [-0.1, -0.05) is 77.4 Å². The minimum atomic E-state index is -0.409. The number of nitrogens with one attached hydrogen (secondary N) is 1. The Bertz CT molecular complexity index is 1280. The number of aromatic nitrogens is 3. The molecule has 1 aromatic heterocycles. The molecule has 1 unspecified atom stereocenters. The van der Waals surface area contributed by atoms with Gasteiger partial charge in [-0.05, 0) is 55.3 Å². The molecule has 1 atom stereocenters. The quantitative estimate of drug-likeness (QED) is 0.290. The number of carbonyl (C=O) groups excluding carboxylic acids is 1. The lowest BCUT2D eigenvalue weighted by atomic mass is 10.1. The first-order valence-electron chi connectivity index (χ1n) is 10.4. The van der Waals surface area contributed by atoms with E-state index in [4.69, 9.17) is 23.2 Å². The van der Waals surface area contributed by atoms with Crippen molar-refractivity contribution < 1.29 is 4.79 Å². The molecule has 1 heterocycles. The van der Waals surface area contributed by atoms with Crippen molar-refractivity contribution in [1.29, 1.82) is 0 Å². The van der Waals surface area contributed by atoms with Crippen LogP contribution in [0.2, 0.25) is 10.0 Å². The van der Waals surface area contributed by atoms with E-state index >= 15 is 0 Å². The smallest absolute Gasteiger partial charge is 0.251 e. The Labute approximate surface area is 207 Å². The fraction of sp³-hybridized carbons (Fsp3) is 0.160. The first-order valence-corrected chi connectivity index (χ1v) is 12.1. The zero-order chi connectivity index (χ0) is 23.4. The molecule has 0 aliphatic rings. The molecule has 1 amide bonds. The third kappa shape index (κ3) is 5.58. The monoisotopic (exact) mass is 496 g/mol. The molecule has 0 aliphatic carbocycles. The molecule has 168 valence electrons. The van der Waals surface area contributed by atoms with E-state index in [2.05, 4.69) is 27.6 Å². The minimum Gasteiger partial charge on any atom is -0.342 e. The van der Waals surface area contributed by atoms with Gasteiger partial charge in [0.2, 0.25) is 0 Å². The predicted molar refractivity (Wildman–Crippen MR) is 134 cm³/mol. The minimum absolute atomic E-state index is 0.235. The Kier molecular flexibility index (Phi) is 7.38. The summed E-state index contributed by atoms with van der Waals surface area (Å²) in [7, 11) is 0. The molecular formula is C25H22Cl2N4OS. The highest BCUT2D eigenvalue weighted by atomic mass is 35.5. The van der Waals surface area contributed by atoms with Crippen LogP contribution >= 0.6 is 35.0 Å². The molecule has 0 radical (unpaired) electrons. The third-order valence-electron chi connectivity index (χ3n) is 5.10. The number of hydrogen-bond donors (Lipinski definition) is 1. The van der Waals surface area contributed by atoms with Gasteiger partial charge in [0.05, 0.1) is 11.7 Å². The average molecular weight is 497 g/mol. The van der Waals surface area contributed by atoms with E-state index in [1.165, 1.54) is 5.56 Å². The van der Waals surface area contributed by atoms with Gasteiger partial charge in [0.1, 0.15) is 0 Å². The van der Waals surface area contributed by atoms with Crippen LogP contribution in [0, 0.1) is 6.92 Å². The molecule has 33 heavy (non-hydrogen) atoms. The van der Waals surface area contributed by atoms with E-state index in [9.17, 15) is 4.79 Å². The largest absolute Gasteiger partial charge is 0.342 e. The predicted octanol–water partition coefficient (Wildman–Crippen LogP) is 6.67. The van der Waals surface area contributed by atoms with Crippen molar-refractivity contribution >= 4 is 40.9 Å². The van der Waals surface area contributed by atoms with E-state index in [0.29, 0.717) is 21.4 Å². The second-order valence-electron chi connectivity index (χ2n) is 7.59. The maximum atomic E-state index is 12.8. The summed E-state index contributed by atoms with van der Waals surface area (Å²) >= 11 is 14.0.